The molecule has 0 fully saturated rings. The quantitative estimate of drug-likeness (QED) is 0.619. The van der Waals surface area contributed by atoms with Gasteiger partial charge >= 0.3 is 5.97 Å². The summed E-state index contributed by atoms with van der Waals surface area (Å²) in [6, 6.07) is 15.0. The third-order valence-electron chi connectivity index (χ3n) is 3.23. The number of hydrogen-bond donors (Lipinski definition) is 0. The monoisotopic (exact) mass is 357 g/mol. The molecule has 0 aromatic heterocycles. The number of nitrogens with zero attached hydrogens (tertiary/aromatic N) is 1. The highest BCUT2D eigenvalue weighted by Crippen LogP contribution is 2.28. The molecule has 0 radical (unpaired) electrons. The zero-order valence-corrected chi connectivity index (χ0v) is 13.3. The number of carbonyl (C=O) groups excluding carboxylic acids is 1. The second kappa shape index (κ2) is 6.15. The Balaban J connectivity index is 2.00. The highest BCUT2D eigenvalue weighted by molar-refractivity contribution is 9.10. The van der Waals surface area contributed by atoms with Crippen LogP contribution >= 0.6 is 15.9 Å². The van der Waals surface area contributed by atoms with Gasteiger partial charge in [0.15, 0.2) is 0 Å². The van der Waals surface area contributed by atoms with E-state index in [2.05, 4.69) is 21.1 Å². The summed E-state index contributed by atoms with van der Waals surface area (Å²) in [6.07, 6.45) is 1.76. The number of methoxy groups -OCH3 is 1. The van der Waals surface area contributed by atoms with E-state index in [9.17, 15) is 4.79 Å². The summed E-state index contributed by atoms with van der Waals surface area (Å²) < 4.78 is 6.01. The molecule has 0 unspecified atom stereocenters. The number of oxime groups is 1. The Morgan fingerprint density at radius 1 is 1.18 bits per heavy atom. The lowest BCUT2D eigenvalue weighted by molar-refractivity contribution is -0.136. The minimum atomic E-state index is -0.453. The summed E-state index contributed by atoms with van der Waals surface area (Å²) in [4.78, 5) is 16.8. The third-order valence-corrected chi connectivity index (χ3v) is 3.85. The zero-order chi connectivity index (χ0) is 15.5. The predicted octanol–water partition coefficient (Wildman–Crippen LogP) is 3.80. The molecule has 0 atom stereocenters. The summed E-state index contributed by atoms with van der Waals surface area (Å²) in [5.74, 6) is 0.277. The molecule has 1 aliphatic rings. The molecule has 2 aromatic carbocycles. The maximum atomic E-state index is 11.9. The second-order valence-corrected chi connectivity index (χ2v) is 5.49. The lowest BCUT2D eigenvalue weighted by Gasteiger charge is -2.04. The molecule has 0 bridgehead atoms. The minimum Gasteiger partial charge on any atom is -0.496 e. The second-order valence-electron chi connectivity index (χ2n) is 4.64. The van der Waals surface area contributed by atoms with Crippen LogP contribution in [0.1, 0.15) is 11.1 Å². The number of ether oxygens (including phenoxy) is 1. The third kappa shape index (κ3) is 2.80. The molecule has 0 saturated carbocycles. The maximum Gasteiger partial charge on any atom is 0.368 e. The van der Waals surface area contributed by atoms with Crippen LogP contribution in [0.3, 0.4) is 0 Å². The molecule has 3 rings (SSSR count). The van der Waals surface area contributed by atoms with Crippen LogP contribution in [-0.2, 0) is 9.63 Å². The first-order valence-corrected chi connectivity index (χ1v) is 7.38. The summed E-state index contributed by atoms with van der Waals surface area (Å²) in [7, 11) is 1.60. The molecule has 4 nitrogen and oxygen atoms in total. The molecule has 110 valence electrons. The van der Waals surface area contributed by atoms with Gasteiger partial charge in [0, 0.05) is 5.56 Å². The molecular weight excluding hydrogens is 346 g/mol. The Morgan fingerprint density at radius 3 is 2.64 bits per heavy atom. The van der Waals surface area contributed by atoms with Crippen LogP contribution in [0.4, 0.5) is 0 Å². The molecule has 5 heteroatoms. The topological polar surface area (TPSA) is 47.9 Å². The Labute approximate surface area is 136 Å². The van der Waals surface area contributed by atoms with Crippen molar-refractivity contribution >= 4 is 33.7 Å². The van der Waals surface area contributed by atoms with Crippen LogP contribution in [0.15, 0.2) is 63.7 Å². The molecule has 0 aliphatic carbocycles. The fourth-order valence-electron chi connectivity index (χ4n) is 2.15. The summed E-state index contributed by atoms with van der Waals surface area (Å²) in [5.41, 5.74) is 2.66. The van der Waals surface area contributed by atoms with Gasteiger partial charge in [-0.05, 0) is 39.7 Å². The number of carbonyl (C=O) groups is 1. The first kappa shape index (κ1) is 14.5. The predicted molar refractivity (Wildman–Crippen MR) is 87.7 cm³/mol. The molecule has 0 N–H and O–H groups in total. The molecule has 2 aromatic rings. The van der Waals surface area contributed by atoms with E-state index in [0.29, 0.717) is 11.3 Å². The first-order chi connectivity index (χ1) is 10.7. The van der Waals surface area contributed by atoms with Gasteiger partial charge in [-0.15, -0.1) is 0 Å². The van der Waals surface area contributed by atoms with E-state index < -0.39 is 5.97 Å². The van der Waals surface area contributed by atoms with Gasteiger partial charge in [-0.25, -0.2) is 4.79 Å². The first-order valence-electron chi connectivity index (χ1n) is 6.59. The van der Waals surface area contributed by atoms with Gasteiger partial charge in [-0.3, -0.25) is 0 Å². The lowest BCUT2D eigenvalue weighted by atomic mass is 10.0. The molecule has 0 spiro atoms. The standard InChI is InChI=1S/C17H12BrNO3/c1-21-15-8-7-11(10-14(15)18)9-13-16(19-22-17(13)20)12-5-3-2-4-6-12/h2-10H,1H3/b13-9-. The zero-order valence-electron chi connectivity index (χ0n) is 11.7. The van der Waals surface area contributed by atoms with Crippen molar-refractivity contribution in [2.75, 3.05) is 7.11 Å². The van der Waals surface area contributed by atoms with Crippen molar-refractivity contribution in [3.8, 4) is 5.75 Å². The van der Waals surface area contributed by atoms with Gasteiger partial charge in [0.1, 0.15) is 11.5 Å². The molecule has 1 aliphatic heterocycles. The highest BCUT2D eigenvalue weighted by atomic mass is 79.9. The minimum absolute atomic E-state index is 0.434. The maximum absolute atomic E-state index is 11.9. The SMILES string of the molecule is COc1ccc(/C=C2\C(=O)ON=C2c2ccccc2)cc1Br. The van der Waals surface area contributed by atoms with E-state index in [0.717, 1.165) is 21.3 Å². The van der Waals surface area contributed by atoms with Crippen molar-refractivity contribution in [1.29, 1.82) is 0 Å². The number of rotatable bonds is 3. The fourth-order valence-corrected chi connectivity index (χ4v) is 2.71. The fraction of sp³-hybridized carbons (Fsp3) is 0.0588. The smallest absolute Gasteiger partial charge is 0.368 e. The van der Waals surface area contributed by atoms with Crippen LogP contribution in [0.5, 0.6) is 5.75 Å². The highest BCUT2D eigenvalue weighted by Gasteiger charge is 2.26. The van der Waals surface area contributed by atoms with Crippen LogP contribution in [0.25, 0.3) is 6.08 Å². The van der Waals surface area contributed by atoms with Gasteiger partial charge in [0.25, 0.3) is 0 Å². The van der Waals surface area contributed by atoms with E-state index in [1.54, 1.807) is 13.2 Å². The summed E-state index contributed by atoms with van der Waals surface area (Å²) >= 11 is 3.43. The largest absolute Gasteiger partial charge is 0.496 e. The Bertz CT molecular complexity index is 782. The Kier molecular flexibility index (Phi) is 4.06. The normalized spacial score (nSPS) is 15.6. The van der Waals surface area contributed by atoms with E-state index >= 15 is 0 Å². The molecular formula is C17H12BrNO3. The molecule has 0 amide bonds. The Hall–Kier alpha value is -2.40. The van der Waals surface area contributed by atoms with Crippen molar-refractivity contribution in [2.45, 2.75) is 0 Å². The average Bonchev–Trinajstić information content (AvgIpc) is 2.89. The number of hydrogen-bond acceptors (Lipinski definition) is 4. The number of halogens is 1. The van der Waals surface area contributed by atoms with E-state index in [1.807, 2.05) is 48.5 Å². The molecule has 22 heavy (non-hydrogen) atoms. The lowest BCUT2D eigenvalue weighted by Crippen LogP contribution is -2.06. The van der Waals surface area contributed by atoms with Crippen molar-refractivity contribution in [1.82, 2.24) is 0 Å². The van der Waals surface area contributed by atoms with E-state index in [4.69, 9.17) is 9.57 Å². The van der Waals surface area contributed by atoms with Gasteiger partial charge in [0.05, 0.1) is 17.2 Å². The summed E-state index contributed by atoms with van der Waals surface area (Å²) in [6.45, 7) is 0. The van der Waals surface area contributed by atoms with E-state index in [1.165, 1.54) is 0 Å². The van der Waals surface area contributed by atoms with Gasteiger partial charge < -0.3 is 9.57 Å². The van der Waals surface area contributed by atoms with Crippen LogP contribution in [-0.4, -0.2) is 18.8 Å². The van der Waals surface area contributed by atoms with Crippen molar-refractivity contribution in [3.05, 3.63) is 69.7 Å². The van der Waals surface area contributed by atoms with E-state index in [-0.39, 0.29) is 0 Å². The van der Waals surface area contributed by atoms with Crippen molar-refractivity contribution in [2.24, 2.45) is 5.16 Å². The molecule has 1 heterocycles. The van der Waals surface area contributed by atoms with Crippen molar-refractivity contribution < 1.29 is 14.4 Å². The average molecular weight is 358 g/mol. The summed E-state index contributed by atoms with van der Waals surface area (Å²) in [5, 5.41) is 3.88. The molecule has 0 saturated heterocycles. The Morgan fingerprint density at radius 2 is 1.95 bits per heavy atom. The number of benzene rings is 2. The van der Waals surface area contributed by atoms with Crippen LogP contribution < -0.4 is 4.74 Å². The van der Waals surface area contributed by atoms with Gasteiger partial charge in [-0.2, -0.15) is 0 Å². The van der Waals surface area contributed by atoms with Gasteiger partial charge in [0.2, 0.25) is 0 Å². The van der Waals surface area contributed by atoms with Gasteiger partial charge in [-0.1, -0.05) is 41.6 Å². The van der Waals surface area contributed by atoms with Crippen molar-refractivity contribution in [3.63, 3.8) is 0 Å². The van der Waals surface area contributed by atoms with Crippen LogP contribution in [0, 0.1) is 0 Å². The van der Waals surface area contributed by atoms with Crippen LogP contribution in [0.2, 0.25) is 0 Å².